The third-order valence-electron chi connectivity index (χ3n) is 4.87. The van der Waals surface area contributed by atoms with Gasteiger partial charge in [-0.25, -0.2) is 13.1 Å². The van der Waals surface area contributed by atoms with Gasteiger partial charge in [0.25, 0.3) is 5.91 Å². The van der Waals surface area contributed by atoms with E-state index in [2.05, 4.69) is 11.6 Å². The Hall–Kier alpha value is -1.89. The lowest BCUT2D eigenvalue weighted by atomic mass is 10.0. The number of halogens is 1. The standard InChI is InChI=1S/C21H25ClN2O3S/c1-2-3-4-12-23-28(26,27)19-10-11-20-16(15-19)8-6-13-24(20)21(25)17-7-5-9-18(22)14-17/h5,7,9-11,14-15,23H,2-4,6,8,12-13H2,1H3. The van der Waals surface area contributed by atoms with E-state index >= 15 is 0 Å². The van der Waals surface area contributed by atoms with E-state index in [1.165, 1.54) is 0 Å². The molecule has 1 aliphatic heterocycles. The Bertz CT molecular complexity index is 960. The molecule has 150 valence electrons. The van der Waals surface area contributed by atoms with Crippen molar-refractivity contribution in [1.82, 2.24) is 4.72 Å². The molecular weight excluding hydrogens is 396 g/mol. The number of anilines is 1. The van der Waals surface area contributed by atoms with E-state index in [1.54, 1.807) is 47.4 Å². The van der Waals surface area contributed by atoms with Crippen LogP contribution in [0.25, 0.3) is 0 Å². The van der Waals surface area contributed by atoms with Gasteiger partial charge in [0, 0.05) is 29.4 Å². The van der Waals surface area contributed by atoms with E-state index in [9.17, 15) is 13.2 Å². The van der Waals surface area contributed by atoms with Gasteiger partial charge in [-0.3, -0.25) is 4.79 Å². The highest BCUT2D eigenvalue weighted by Crippen LogP contribution is 2.31. The van der Waals surface area contributed by atoms with Gasteiger partial charge >= 0.3 is 0 Å². The summed E-state index contributed by atoms with van der Waals surface area (Å²) in [6.07, 6.45) is 4.38. The number of aryl methyl sites for hydroxylation is 1. The molecule has 0 atom stereocenters. The van der Waals surface area contributed by atoms with Gasteiger partial charge in [-0.2, -0.15) is 0 Å². The van der Waals surface area contributed by atoms with Crippen LogP contribution < -0.4 is 9.62 Å². The maximum atomic E-state index is 12.9. The van der Waals surface area contributed by atoms with Crippen molar-refractivity contribution < 1.29 is 13.2 Å². The molecule has 1 aliphatic rings. The first-order valence-corrected chi connectivity index (χ1v) is 11.5. The van der Waals surface area contributed by atoms with Crippen LogP contribution in [-0.2, 0) is 16.4 Å². The predicted octanol–water partition coefficient (Wildman–Crippen LogP) is 4.40. The number of carbonyl (C=O) groups excluding carboxylic acids is 1. The van der Waals surface area contributed by atoms with Gasteiger partial charge in [-0.15, -0.1) is 0 Å². The summed E-state index contributed by atoms with van der Waals surface area (Å²) in [6, 6.07) is 11.9. The van der Waals surface area contributed by atoms with Gasteiger partial charge < -0.3 is 4.90 Å². The Labute approximate surface area is 171 Å². The molecule has 0 aromatic heterocycles. The SMILES string of the molecule is CCCCCNS(=O)(=O)c1ccc2c(c1)CCCN2C(=O)c1cccc(Cl)c1. The molecule has 0 saturated heterocycles. The molecule has 0 fully saturated rings. The molecule has 0 radical (unpaired) electrons. The zero-order chi connectivity index (χ0) is 20.1. The number of benzene rings is 2. The van der Waals surface area contributed by atoms with E-state index in [4.69, 9.17) is 11.6 Å². The minimum absolute atomic E-state index is 0.128. The van der Waals surface area contributed by atoms with Crippen LogP contribution in [-0.4, -0.2) is 27.4 Å². The summed E-state index contributed by atoms with van der Waals surface area (Å²) in [7, 11) is -3.54. The summed E-state index contributed by atoms with van der Waals surface area (Å²) in [4.78, 5) is 14.9. The molecule has 0 bridgehead atoms. The topological polar surface area (TPSA) is 66.5 Å². The molecule has 1 amide bonds. The first-order valence-electron chi connectivity index (χ1n) is 9.62. The number of fused-ring (bicyclic) bond motifs is 1. The van der Waals surface area contributed by atoms with Crippen molar-refractivity contribution in [2.45, 2.75) is 43.9 Å². The fraction of sp³-hybridized carbons (Fsp3) is 0.381. The average molecular weight is 421 g/mol. The molecule has 5 nitrogen and oxygen atoms in total. The zero-order valence-electron chi connectivity index (χ0n) is 15.9. The Morgan fingerprint density at radius 1 is 1.18 bits per heavy atom. The van der Waals surface area contributed by atoms with E-state index in [0.717, 1.165) is 43.4 Å². The van der Waals surface area contributed by atoms with Crippen molar-refractivity contribution in [3.8, 4) is 0 Å². The molecule has 28 heavy (non-hydrogen) atoms. The Kier molecular flexibility index (Phi) is 6.75. The van der Waals surface area contributed by atoms with Crippen LogP contribution in [0.3, 0.4) is 0 Å². The monoisotopic (exact) mass is 420 g/mol. The maximum Gasteiger partial charge on any atom is 0.258 e. The lowest BCUT2D eigenvalue weighted by molar-refractivity contribution is 0.0985. The highest BCUT2D eigenvalue weighted by atomic mass is 35.5. The molecular formula is C21H25ClN2O3S. The Balaban J connectivity index is 1.83. The van der Waals surface area contributed by atoms with Gasteiger partial charge in [0.2, 0.25) is 10.0 Å². The van der Waals surface area contributed by atoms with Crippen LogP contribution in [0, 0.1) is 0 Å². The minimum atomic E-state index is -3.54. The van der Waals surface area contributed by atoms with E-state index < -0.39 is 10.0 Å². The fourth-order valence-electron chi connectivity index (χ4n) is 3.39. The number of hydrogen-bond acceptors (Lipinski definition) is 3. The van der Waals surface area contributed by atoms with E-state index in [-0.39, 0.29) is 10.8 Å². The number of unbranched alkanes of at least 4 members (excludes halogenated alkanes) is 2. The average Bonchev–Trinajstić information content (AvgIpc) is 2.70. The normalized spacial score (nSPS) is 14.0. The third-order valence-corrected chi connectivity index (χ3v) is 6.56. The van der Waals surface area contributed by atoms with Gasteiger partial charge in [0.15, 0.2) is 0 Å². The first kappa shape index (κ1) is 20.8. The van der Waals surface area contributed by atoms with Crippen LogP contribution in [0.2, 0.25) is 5.02 Å². The second kappa shape index (κ2) is 9.07. The van der Waals surface area contributed by atoms with Crippen molar-refractivity contribution in [3.63, 3.8) is 0 Å². The number of rotatable bonds is 7. The second-order valence-corrected chi connectivity index (χ2v) is 9.17. The van der Waals surface area contributed by atoms with Crippen LogP contribution in [0.15, 0.2) is 47.4 Å². The minimum Gasteiger partial charge on any atom is -0.308 e. The first-order chi connectivity index (χ1) is 13.4. The van der Waals surface area contributed by atoms with E-state index in [1.807, 2.05) is 0 Å². The van der Waals surface area contributed by atoms with Gasteiger partial charge in [-0.05, 0) is 61.2 Å². The van der Waals surface area contributed by atoms with Crippen LogP contribution in [0.4, 0.5) is 5.69 Å². The van der Waals surface area contributed by atoms with Crippen molar-refractivity contribution >= 4 is 33.2 Å². The molecule has 2 aromatic rings. The molecule has 7 heteroatoms. The molecule has 2 aromatic carbocycles. The van der Waals surface area contributed by atoms with Crippen molar-refractivity contribution in [2.75, 3.05) is 18.0 Å². The van der Waals surface area contributed by atoms with Crippen molar-refractivity contribution in [1.29, 1.82) is 0 Å². The summed E-state index contributed by atoms with van der Waals surface area (Å²) in [5.74, 6) is -0.128. The molecule has 1 N–H and O–H groups in total. The largest absolute Gasteiger partial charge is 0.308 e. The summed E-state index contributed by atoms with van der Waals surface area (Å²) >= 11 is 6.02. The number of carbonyl (C=O) groups is 1. The van der Waals surface area contributed by atoms with Gasteiger partial charge in [0.05, 0.1) is 4.90 Å². The highest BCUT2D eigenvalue weighted by Gasteiger charge is 2.25. The predicted molar refractivity (Wildman–Crippen MR) is 113 cm³/mol. The quantitative estimate of drug-likeness (QED) is 0.675. The number of hydrogen-bond donors (Lipinski definition) is 1. The maximum absolute atomic E-state index is 12.9. The molecule has 1 heterocycles. The molecule has 0 unspecified atom stereocenters. The van der Waals surface area contributed by atoms with Crippen molar-refractivity contribution in [3.05, 3.63) is 58.6 Å². The smallest absolute Gasteiger partial charge is 0.258 e. The number of nitrogens with zero attached hydrogens (tertiary/aromatic N) is 1. The number of amides is 1. The third kappa shape index (κ3) is 4.74. The van der Waals surface area contributed by atoms with Crippen LogP contribution >= 0.6 is 11.6 Å². The Morgan fingerprint density at radius 2 is 2.00 bits per heavy atom. The fourth-order valence-corrected chi connectivity index (χ4v) is 4.71. The van der Waals surface area contributed by atoms with Crippen molar-refractivity contribution in [2.24, 2.45) is 0 Å². The summed E-state index contributed by atoms with van der Waals surface area (Å²) < 4.78 is 27.8. The molecule has 0 aliphatic carbocycles. The van der Waals surface area contributed by atoms with Gasteiger partial charge in [-0.1, -0.05) is 37.4 Å². The van der Waals surface area contributed by atoms with Crippen LogP contribution in [0.5, 0.6) is 0 Å². The number of sulfonamides is 1. The van der Waals surface area contributed by atoms with E-state index in [0.29, 0.717) is 23.7 Å². The summed E-state index contributed by atoms with van der Waals surface area (Å²) in [5, 5.41) is 0.513. The Morgan fingerprint density at radius 3 is 2.75 bits per heavy atom. The summed E-state index contributed by atoms with van der Waals surface area (Å²) in [5.41, 5.74) is 2.16. The molecule has 0 spiro atoms. The van der Waals surface area contributed by atoms with Gasteiger partial charge in [0.1, 0.15) is 0 Å². The lowest BCUT2D eigenvalue weighted by Crippen LogP contribution is -2.35. The summed E-state index contributed by atoms with van der Waals surface area (Å²) in [6.45, 7) is 3.11. The number of nitrogens with one attached hydrogen (secondary N) is 1. The van der Waals surface area contributed by atoms with Crippen LogP contribution in [0.1, 0.15) is 48.5 Å². The zero-order valence-corrected chi connectivity index (χ0v) is 17.5. The molecule has 0 saturated carbocycles. The molecule has 3 rings (SSSR count). The second-order valence-electron chi connectivity index (χ2n) is 6.97. The highest BCUT2D eigenvalue weighted by molar-refractivity contribution is 7.89. The lowest BCUT2D eigenvalue weighted by Gasteiger charge is -2.30.